The number of carbonyl (C=O) groups is 1. The lowest BCUT2D eigenvalue weighted by Gasteiger charge is -1.82. The summed E-state index contributed by atoms with van der Waals surface area (Å²) < 4.78 is 0. The quantitative estimate of drug-likeness (QED) is 0.558. The zero-order chi connectivity index (χ0) is 7.28. The van der Waals surface area contributed by atoms with Gasteiger partial charge in [0.1, 0.15) is 0 Å². The Hall–Kier alpha value is -1.30. The Labute approximate surface area is 53.2 Å². The van der Waals surface area contributed by atoms with E-state index in [1.165, 1.54) is 6.08 Å². The maximum atomic E-state index is 9.87. The van der Waals surface area contributed by atoms with Gasteiger partial charge in [0.15, 0.2) is 0 Å². The number of rotatable bonds is 2. The molecule has 1 N–H and O–H groups in total. The summed E-state index contributed by atoms with van der Waals surface area (Å²) in [4.78, 5) is 9.87. The Bertz CT molecular complexity index is 176. The molecule has 0 aliphatic carbocycles. The number of nitrogens with zero attached hydrogens (tertiary/aromatic N) is 1. The van der Waals surface area contributed by atoms with E-state index in [2.05, 4.69) is 0 Å². The first kappa shape index (κ1) is 7.70. The Balaban J connectivity index is 3.74. The third kappa shape index (κ3) is 4.56. The van der Waals surface area contributed by atoms with Gasteiger partial charge in [-0.1, -0.05) is 6.08 Å². The van der Waals surface area contributed by atoms with Gasteiger partial charge < -0.3 is 5.11 Å². The molecule has 0 radical (unpaired) electrons. The number of carboxylic acid groups (broad SMARTS) is 1. The Morgan fingerprint density at radius 3 is 2.78 bits per heavy atom. The minimum absolute atomic E-state index is 0.0700. The third-order valence-electron chi connectivity index (χ3n) is 0.759. The topological polar surface area (TPSA) is 61.1 Å². The van der Waals surface area contributed by atoms with Crippen molar-refractivity contribution >= 4 is 5.97 Å². The number of nitriles is 1. The van der Waals surface area contributed by atoms with Crippen LogP contribution in [0, 0.1) is 11.3 Å². The smallest absolute Gasteiger partial charge is 0.307 e. The molecule has 0 atom stereocenters. The van der Waals surface area contributed by atoms with Gasteiger partial charge in [0.25, 0.3) is 0 Å². The normalized spacial score (nSPS) is 10.4. The van der Waals surface area contributed by atoms with Crippen molar-refractivity contribution in [2.24, 2.45) is 0 Å². The second-order valence-corrected chi connectivity index (χ2v) is 1.60. The average Bonchev–Trinajstić information content (AvgIpc) is 1.83. The molecule has 3 nitrogen and oxygen atoms in total. The zero-order valence-electron chi connectivity index (χ0n) is 5.09. The lowest BCUT2D eigenvalue weighted by molar-refractivity contribution is -0.136. The molecule has 0 aromatic rings. The molecule has 0 aromatic carbocycles. The molecular weight excluding hydrogens is 118 g/mol. The number of carboxylic acids is 1. The Morgan fingerprint density at radius 1 is 1.89 bits per heavy atom. The summed E-state index contributed by atoms with van der Waals surface area (Å²) in [5.74, 6) is -0.912. The molecule has 0 fully saturated rings. The second-order valence-electron chi connectivity index (χ2n) is 1.60. The monoisotopic (exact) mass is 125 g/mol. The van der Waals surface area contributed by atoms with Crippen molar-refractivity contribution in [2.45, 2.75) is 13.3 Å². The highest BCUT2D eigenvalue weighted by Crippen LogP contribution is 1.91. The largest absolute Gasteiger partial charge is 0.481 e. The fourth-order valence-corrected chi connectivity index (χ4v) is 0.286. The summed E-state index contributed by atoms with van der Waals surface area (Å²) in [5.41, 5.74) is 0.442. The summed E-state index contributed by atoms with van der Waals surface area (Å²) in [5, 5.41) is 16.2. The van der Waals surface area contributed by atoms with Crippen molar-refractivity contribution in [3.05, 3.63) is 11.6 Å². The van der Waals surface area contributed by atoms with Crippen LogP contribution in [0.25, 0.3) is 0 Å². The Kier molecular flexibility index (Phi) is 3.14. The maximum Gasteiger partial charge on any atom is 0.307 e. The van der Waals surface area contributed by atoms with E-state index in [-0.39, 0.29) is 6.42 Å². The molecule has 48 valence electrons. The van der Waals surface area contributed by atoms with Crippen molar-refractivity contribution in [3.63, 3.8) is 0 Å². The molecule has 0 aromatic heterocycles. The zero-order valence-corrected chi connectivity index (χ0v) is 5.09. The molecule has 0 rings (SSSR count). The van der Waals surface area contributed by atoms with Crippen molar-refractivity contribution in [1.82, 2.24) is 0 Å². The van der Waals surface area contributed by atoms with E-state index < -0.39 is 5.97 Å². The van der Waals surface area contributed by atoms with Gasteiger partial charge in [0, 0.05) is 5.57 Å². The molecule has 9 heavy (non-hydrogen) atoms. The molecule has 0 aliphatic rings. The Morgan fingerprint density at radius 2 is 2.44 bits per heavy atom. The highest BCUT2D eigenvalue weighted by molar-refractivity contribution is 5.68. The molecule has 0 amide bonds. The van der Waals surface area contributed by atoms with Gasteiger partial charge in [0.05, 0.1) is 12.5 Å². The number of aliphatic carboxylic acids is 1. The van der Waals surface area contributed by atoms with Crippen LogP contribution in [-0.2, 0) is 4.79 Å². The van der Waals surface area contributed by atoms with Crippen LogP contribution >= 0.6 is 0 Å². The minimum atomic E-state index is -0.912. The molecule has 0 saturated heterocycles. The molecule has 3 heteroatoms. The van der Waals surface area contributed by atoms with Crippen molar-refractivity contribution in [3.8, 4) is 6.07 Å². The third-order valence-corrected chi connectivity index (χ3v) is 0.759. The number of allylic oxidation sites excluding steroid dienone is 1. The first-order valence-electron chi connectivity index (χ1n) is 2.45. The summed E-state index contributed by atoms with van der Waals surface area (Å²) in [6.07, 6.45) is 1.31. The highest BCUT2D eigenvalue weighted by atomic mass is 16.4. The van der Waals surface area contributed by atoms with E-state index in [1.54, 1.807) is 6.92 Å². The van der Waals surface area contributed by atoms with E-state index in [9.17, 15) is 4.79 Å². The lowest BCUT2D eigenvalue weighted by Crippen LogP contribution is -1.90. The van der Waals surface area contributed by atoms with Gasteiger partial charge in [-0.05, 0) is 6.92 Å². The van der Waals surface area contributed by atoms with Crippen LogP contribution in [0.4, 0.5) is 0 Å². The van der Waals surface area contributed by atoms with E-state index in [0.717, 1.165) is 0 Å². The van der Waals surface area contributed by atoms with Gasteiger partial charge in [-0.2, -0.15) is 5.26 Å². The summed E-state index contributed by atoms with van der Waals surface area (Å²) >= 11 is 0. The van der Waals surface area contributed by atoms with Gasteiger partial charge in [0.2, 0.25) is 0 Å². The van der Waals surface area contributed by atoms with Crippen LogP contribution in [0.5, 0.6) is 0 Å². The molecule has 0 saturated carbocycles. The predicted octanol–water partition coefficient (Wildman–Crippen LogP) is 0.931. The van der Waals surface area contributed by atoms with Crippen molar-refractivity contribution < 1.29 is 9.90 Å². The fourth-order valence-electron chi connectivity index (χ4n) is 0.286. The van der Waals surface area contributed by atoms with E-state index in [0.29, 0.717) is 5.57 Å². The molecule has 0 unspecified atom stereocenters. The molecule has 0 aliphatic heterocycles. The first-order chi connectivity index (χ1) is 4.16. The van der Waals surface area contributed by atoms with Gasteiger partial charge >= 0.3 is 5.97 Å². The molecule has 0 heterocycles. The molecular formula is C6H7NO2. The highest BCUT2D eigenvalue weighted by Gasteiger charge is 1.90. The lowest BCUT2D eigenvalue weighted by atomic mass is 10.3. The van der Waals surface area contributed by atoms with Crippen LogP contribution < -0.4 is 0 Å². The number of hydrogen-bond acceptors (Lipinski definition) is 2. The van der Waals surface area contributed by atoms with Crippen LogP contribution in [0.1, 0.15) is 13.3 Å². The van der Waals surface area contributed by atoms with Crippen LogP contribution in [0.15, 0.2) is 11.6 Å². The van der Waals surface area contributed by atoms with E-state index in [1.807, 2.05) is 6.07 Å². The second kappa shape index (κ2) is 3.67. The number of hydrogen-bond donors (Lipinski definition) is 1. The molecule has 0 bridgehead atoms. The van der Waals surface area contributed by atoms with Gasteiger partial charge in [-0.3, -0.25) is 4.79 Å². The van der Waals surface area contributed by atoms with Crippen LogP contribution in [-0.4, -0.2) is 11.1 Å². The van der Waals surface area contributed by atoms with E-state index >= 15 is 0 Å². The molecule has 0 spiro atoms. The fraction of sp³-hybridized carbons (Fsp3) is 0.333. The van der Waals surface area contributed by atoms with Crippen molar-refractivity contribution in [1.29, 1.82) is 5.26 Å². The maximum absolute atomic E-state index is 9.87. The SMILES string of the molecule is CC(C#N)=CCC(=O)O. The predicted molar refractivity (Wildman–Crippen MR) is 31.6 cm³/mol. The standard InChI is InChI=1S/C6H7NO2/c1-5(4-7)2-3-6(8)9/h2H,3H2,1H3,(H,8,9). The average molecular weight is 125 g/mol. The first-order valence-corrected chi connectivity index (χ1v) is 2.45. The summed E-state index contributed by atoms with van der Waals surface area (Å²) in [6, 6.07) is 1.82. The van der Waals surface area contributed by atoms with Crippen LogP contribution in [0.3, 0.4) is 0 Å². The van der Waals surface area contributed by atoms with Crippen molar-refractivity contribution in [2.75, 3.05) is 0 Å². The van der Waals surface area contributed by atoms with Gasteiger partial charge in [-0.15, -0.1) is 0 Å². The van der Waals surface area contributed by atoms with E-state index in [4.69, 9.17) is 10.4 Å². The minimum Gasteiger partial charge on any atom is -0.481 e. The summed E-state index contributed by atoms with van der Waals surface area (Å²) in [7, 11) is 0. The van der Waals surface area contributed by atoms with Crippen LogP contribution in [0.2, 0.25) is 0 Å². The van der Waals surface area contributed by atoms with Gasteiger partial charge in [-0.25, -0.2) is 0 Å². The summed E-state index contributed by atoms with van der Waals surface area (Å²) in [6.45, 7) is 1.57.